The van der Waals surface area contributed by atoms with Gasteiger partial charge in [-0.1, -0.05) is 6.07 Å². The highest BCUT2D eigenvalue weighted by molar-refractivity contribution is 5.95. The minimum Gasteiger partial charge on any atom is -0.507 e. The number of phenolic OH excluding ortho intramolecular Hbond substituents is 1. The number of aromatic hydroxyl groups is 1. The van der Waals surface area contributed by atoms with Gasteiger partial charge in [-0.15, -0.1) is 0 Å². The summed E-state index contributed by atoms with van der Waals surface area (Å²) in [5, 5.41) is 13.4. The minimum absolute atomic E-state index is 0.0374. The third-order valence-corrected chi connectivity index (χ3v) is 2.90. The fourth-order valence-electron chi connectivity index (χ4n) is 1.78. The number of ether oxygens (including phenoxy) is 1. The Labute approximate surface area is 131 Å². The molecule has 1 amide bonds. The van der Waals surface area contributed by atoms with Crippen molar-refractivity contribution in [3.8, 4) is 11.5 Å². The predicted octanol–water partition coefficient (Wildman–Crippen LogP) is 3.07. The first kappa shape index (κ1) is 16.4. The molecule has 0 atom stereocenters. The number of nitrogens with zero attached hydrogens (tertiary/aromatic N) is 1. The molecule has 0 aliphatic heterocycles. The zero-order valence-electron chi connectivity index (χ0n) is 12.2. The Morgan fingerprint density at radius 2 is 1.96 bits per heavy atom. The lowest BCUT2D eigenvalue weighted by atomic mass is 10.1. The molecule has 120 valence electrons. The number of halogens is 2. The molecule has 2 aromatic rings. The average molecular weight is 320 g/mol. The van der Waals surface area contributed by atoms with Crippen LogP contribution in [0.25, 0.3) is 0 Å². The molecular formula is C16H14F2N2O3. The number of hydrogen-bond acceptors (Lipinski definition) is 4. The topological polar surface area (TPSA) is 70.9 Å². The molecule has 2 N–H and O–H groups in total. The molecule has 23 heavy (non-hydrogen) atoms. The molecule has 0 saturated carbocycles. The maximum Gasteiger partial charge on any atom is 0.387 e. The zero-order valence-corrected chi connectivity index (χ0v) is 12.2. The number of aryl methyl sites for hydroxylation is 1. The normalized spacial score (nSPS) is 11.0. The molecule has 0 fully saturated rings. The molecule has 2 rings (SSSR count). The summed E-state index contributed by atoms with van der Waals surface area (Å²) in [6.45, 7) is -1.08. The molecule has 2 aromatic carbocycles. The summed E-state index contributed by atoms with van der Waals surface area (Å²) in [6.07, 6.45) is 1.31. The molecule has 0 aliphatic carbocycles. The van der Waals surface area contributed by atoms with Crippen LogP contribution in [0, 0.1) is 6.92 Å². The molecule has 5 nitrogen and oxygen atoms in total. The smallest absolute Gasteiger partial charge is 0.387 e. The SMILES string of the molecule is Cc1ccc(/C=N/NC(=O)c2ccc(OC(F)F)cc2)c(O)c1. The molecular weight excluding hydrogens is 306 g/mol. The first-order chi connectivity index (χ1) is 11.0. The van der Waals surface area contributed by atoms with Gasteiger partial charge in [0.15, 0.2) is 0 Å². The number of benzene rings is 2. The van der Waals surface area contributed by atoms with E-state index in [4.69, 9.17) is 0 Å². The molecule has 0 unspecified atom stereocenters. The predicted molar refractivity (Wildman–Crippen MR) is 81.0 cm³/mol. The van der Waals surface area contributed by atoms with E-state index in [-0.39, 0.29) is 17.1 Å². The average Bonchev–Trinajstić information content (AvgIpc) is 2.49. The van der Waals surface area contributed by atoms with E-state index < -0.39 is 12.5 Å². The Bertz CT molecular complexity index is 716. The van der Waals surface area contributed by atoms with Gasteiger partial charge in [-0.25, -0.2) is 5.43 Å². The van der Waals surface area contributed by atoms with Crippen LogP contribution in [0.2, 0.25) is 0 Å². The monoisotopic (exact) mass is 320 g/mol. The van der Waals surface area contributed by atoms with Crippen LogP contribution in [-0.2, 0) is 0 Å². The lowest BCUT2D eigenvalue weighted by molar-refractivity contribution is -0.0498. The van der Waals surface area contributed by atoms with Crippen molar-refractivity contribution in [2.24, 2.45) is 5.10 Å². The standard InChI is InChI=1S/C16H14F2N2O3/c1-10-2-3-12(14(21)8-10)9-19-20-15(22)11-4-6-13(7-5-11)23-16(17)18/h2-9,16,21H,1H3,(H,20,22)/b19-9+. The Morgan fingerprint density at radius 3 is 2.57 bits per heavy atom. The van der Waals surface area contributed by atoms with E-state index in [1.807, 2.05) is 6.92 Å². The van der Waals surface area contributed by atoms with Crippen molar-refractivity contribution in [1.29, 1.82) is 0 Å². The van der Waals surface area contributed by atoms with Crippen molar-refractivity contribution in [3.05, 3.63) is 59.2 Å². The van der Waals surface area contributed by atoms with Gasteiger partial charge >= 0.3 is 6.61 Å². The van der Waals surface area contributed by atoms with Gasteiger partial charge in [-0.05, 0) is 48.9 Å². The molecule has 0 saturated heterocycles. The van der Waals surface area contributed by atoms with Gasteiger partial charge in [-0.3, -0.25) is 4.79 Å². The molecule has 0 radical (unpaired) electrons. The summed E-state index contributed by atoms with van der Waals surface area (Å²) >= 11 is 0. The number of nitrogens with one attached hydrogen (secondary N) is 1. The second-order valence-electron chi connectivity index (χ2n) is 4.66. The first-order valence-electron chi connectivity index (χ1n) is 6.63. The third kappa shape index (κ3) is 4.77. The molecule has 7 heteroatoms. The van der Waals surface area contributed by atoms with E-state index in [9.17, 15) is 18.7 Å². The van der Waals surface area contributed by atoms with E-state index in [0.717, 1.165) is 5.56 Å². The lowest BCUT2D eigenvalue weighted by Crippen LogP contribution is -2.17. The summed E-state index contributed by atoms with van der Waals surface area (Å²) < 4.78 is 28.2. The quantitative estimate of drug-likeness (QED) is 0.657. The molecule has 0 heterocycles. The maximum atomic E-state index is 12.0. The van der Waals surface area contributed by atoms with Crippen molar-refractivity contribution in [1.82, 2.24) is 5.43 Å². The van der Waals surface area contributed by atoms with Crippen LogP contribution >= 0.6 is 0 Å². The number of amides is 1. The minimum atomic E-state index is -2.92. The van der Waals surface area contributed by atoms with Crippen molar-refractivity contribution in [2.45, 2.75) is 13.5 Å². The van der Waals surface area contributed by atoms with Gasteiger partial charge < -0.3 is 9.84 Å². The lowest BCUT2D eigenvalue weighted by Gasteiger charge is -2.05. The summed E-state index contributed by atoms with van der Waals surface area (Å²) in [6, 6.07) is 10.2. The molecule has 0 aromatic heterocycles. The summed E-state index contributed by atoms with van der Waals surface area (Å²) in [5.74, 6) is -0.502. The van der Waals surface area contributed by atoms with Gasteiger partial charge in [0.25, 0.3) is 5.91 Å². The van der Waals surface area contributed by atoms with Gasteiger partial charge in [0.1, 0.15) is 11.5 Å². The van der Waals surface area contributed by atoms with Gasteiger partial charge in [-0.2, -0.15) is 13.9 Å². The Morgan fingerprint density at radius 1 is 1.26 bits per heavy atom. The van der Waals surface area contributed by atoms with Gasteiger partial charge in [0.2, 0.25) is 0 Å². The van der Waals surface area contributed by atoms with Crippen LogP contribution in [0.5, 0.6) is 11.5 Å². The Kier molecular flexibility index (Phi) is 5.24. The van der Waals surface area contributed by atoms with E-state index >= 15 is 0 Å². The number of alkyl halides is 2. The molecule has 0 bridgehead atoms. The van der Waals surface area contributed by atoms with Crippen LogP contribution in [0.15, 0.2) is 47.6 Å². The zero-order chi connectivity index (χ0) is 16.8. The van der Waals surface area contributed by atoms with Crippen molar-refractivity contribution >= 4 is 12.1 Å². The van der Waals surface area contributed by atoms with Gasteiger partial charge in [0, 0.05) is 11.1 Å². The van der Waals surface area contributed by atoms with E-state index in [1.54, 1.807) is 18.2 Å². The molecule has 0 spiro atoms. The van der Waals surface area contributed by atoms with E-state index in [1.165, 1.54) is 30.5 Å². The molecule has 0 aliphatic rings. The highest BCUT2D eigenvalue weighted by Crippen LogP contribution is 2.16. The number of carbonyl (C=O) groups excluding carboxylic acids is 1. The second kappa shape index (κ2) is 7.35. The van der Waals surface area contributed by atoms with Crippen LogP contribution < -0.4 is 10.2 Å². The highest BCUT2D eigenvalue weighted by Gasteiger charge is 2.07. The highest BCUT2D eigenvalue weighted by atomic mass is 19.3. The first-order valence-corrected chi connectivity index (χ1v) is 6.63. The fraction of sp³-hybridized carbons (Fsp3) is 0.125. The van der Waals surface area contributed by atoms with Crippen molar-refractivity contribution < 1.29 is 23.4 Å². The van der Waals surface area contributed by atoms with Crippen LogP contribution in [0.1, 0.15) is 21.5 Å². The van der Waals surface area contributed by atoms with Crippen LogP contribution in [0.3, 0.4) is 0 Å². The number of hydrazone groups is 1. The number of carbonyl (C=O) groups is 1. The second-order valence-corrected chi connectivity index (χ2v) is 4.66. The largest absolute Gasteiger partial charge is 0.507 e. The van der Waals surface area contributed by atoms with E-state index in [2.05, 4.69) is 15.3 Å². The Balaban J connectivity index is 1.97. The third-order valence-electron chi connectivity index (χ3n) is 2.90. The number of rotatable bonds is 5. The van der Waals surface area contributed by atoms with Crippen LogP contribution in [0.4, 0.5) is 8.78 Å². The maximum absolute atomic E-state index is 12.0. The van der Waals surface area contributed by atoms with E-state index in [0.29, 0.717) is 5.56 Å². The number of phenols is 1. The number of hydrogen-bond donors (Lipinski definition) is 2. The summed E-state index contributed by atoms with van der Waals surface area (Å²) in [5.41, 5.74) is 3.87. The van der Waals surface area contributed by atoms with Crippen molar-refractivity contribution in [3.63, 3.8) is 0 Å². The Hall–Kier alpha value is -2.96. The summed E-state index contributed by atoms with van der Waals surface area (Å²) in [4.78, 5) is 11.8. The van der Waals surface area contributed by atoms with Crippen LogP contribution in [-0.4, -0.2) is 23.8 Å². The van der Waals surface area contributed by atoms with Crippen molar-refractivity contribution in [2.75, 3.05) is 0 Å². The fourth-order valence-corrected chi connectivity index (χ4v) is 1.78. The van der Waals surface area contributed by atoms with Gasteiger partial charge in [0.05, 0.1) is 6.21 Å². The summed E-state index contributed by atoms with van der Waals surface area (Å²) in [7, 11) is 0.